The average molecular weight is 463 g/mol. The van der Waals surface area contributed by atoms with Crippen LogP contribution in [0.1, 0.15) is 46.0 Å². The van der Waals surface area contributed by atoms with Crippen molar-refractivity contribution in [2.75, 3.05) is 19.7 Å². The van der Waals surface area contributed by atoms with E-state index in [1.54, 1.807) is 0 Å². The number of aliphatic hydroxyl groups is 1. The second kappa shape index (κ2) is 8.62. The Labute approximate surface area is 183 Å². The quantitative estimate of drug-likeness (QED) is 0.474. The molecule has 0 aromatic carbocycles. The molecule has 0 aromatic heterocycles. The van der Waals surface area contributed by atoms with Gasteiger partial charge in [-0.25, -0.2) is 0 Å². The number of nitrogens with one attached hydrogen (secondary N) is 2. The van der Waals surface area contributed by atoms with E-state index in [1.807, 2.05) is 0 Å². The molecule has 3 atom stereocenters. The summed E-state index contributed by atoms with van der Waals surface area (Å²) >= 11 is 0. The highest BCUT2D eigenvalue weighted by atomic mass is 19.4. The first-order valence-corrected chi connectivity index (χ1v) is 10.6. The molecule has 1 spiro atoms. The van der Waals surface area contributed by atoms with Crippen molar-refractivity contribution >= 4 is 23.5 Å². The first kappa shape index (κ1) is 24.4. The standard InChI is InChI=1S/C20H28F3N3O6/c1-18(2,31)17(30)26-10-19(4-5-19)8-13(26)16(29)25-12(7-11-3-6-24-15(11)28)14(27)9-32-20(21,22)23/h11-13,31H,3-10H2,1-2H3,(H,24,28)(H,25,29)/t11-,12?,13-/m0/s1. The van der Waals surface area contributed by atoms with Crippen LogP contribution in [0.25, 0.3) is 0 Å². The van der Waals surface area contributed by atoms with Crippen molar-refractivity contribution in [3.63, 3.8) is 0 Å². The molecule has 3 rings (SSSR count). The Bertz CT molecular complexity index is 790. The van der Waals surface area contributed by atoms with Gasteiger partial charge in [-0.3, -0.25) is 23.9 Å². The van der Waals surface area contributed by atoms with Crippen molar-refractivity contribution in [1.82, 2.24) is 15.5 Å². The van der Waals surface area contributed by atoms with Crippen molar-refractivity contribution in [3.05, 3.63) is 0 Å². The molecule has 1 unspecified atom stereocenters. The zero-order chi connectivity index (χ0) is 23.9. The van der Waals surface area contributed by atoms with Crippen molar-refractivity contribution in [2.45, 2.75) is 70.0 Å². The molecule has 2 saturated heterocycles. The van der Waals surface area contributed by atoms with Gasteiger partial charge < -0.3 is 20.6 Å². The Balaban J connectivity index is 1.74. The molecule has 0 bridgehead atoms. The summed E-state index contributed by atoms with van der Waals surface area (Å²) in [5.41, 5.74) is -1.93. The number of carbonyl (C=O) groups is 4. The highest BCUT2D eigenvalue weighted by molar-refractivity contribution is 5.95. The van der Waals surface area contributed by atoms with Crippen LogP contribution < -0.4 is 10.6 Å². The summed E-state index contributed by atoms with van der Waals surface area (Å²) in [6.45, 7) is 1.97. The van der Waals surface area contributed by atoms with Crippen LogP contribution >= 0.6 is 0 Å². The Kier molecular flexibility index (Phi) is 6.58. The number of nitrogens with zero attached hydrogens (tertiary/aromatic N) is 1. The zero-order valence-corrected chi connectivity index (χ0v) is 18.0. The van der Waals surface area contributed by atoms with E-state index in [1.165, 1.54) is 18.7 Å². The first-order valence-electron chi connectivity index (χ1n) is 10.6. The molecule has 12 heteroatoms. The summed E-state index contributed by atoms with van der Waals surface area (Å²) in [5.74, 6) is -3.34. The van der Waals surface area contributed by atoms with Crippen LogP contribution in [0, 0.1) is 11.3 Å². The van der Waals surface area contributed by atoms with Gasteiger partial charge in [0.25, 0.3) is 5.91 Å². The largest absolute Gasteiger partial charge is 0.522 e. The number of Topliss-reactive ketones (excluding diaryl/α,β-unsaturated/α-hetero) is 1. The molecule has 0 aromatic rings. The van der Waals surface area contributed by atoms with E-state index in [0.29, 0.717) is 19.4 Å². The lowest BCUT2D eigenvalue weighted by Crippen LogP contribution is -2.55. The summed E-state index contributed by atoms with van der Waals surface area (Å²) in [7, 11) is 0. The molecular formula is C20H28F3N3O6. The fourth-order valence-electron chi connectivity index (χ4n) is 4.34. The molecule has 0 radical (unpaired) electrons. The van der Waals surface area contributed by atoms with Crippen LogP contribution in [0.15, 0.2) is 0 Å². The van der Waals surface area contributed by atoms with E-state index in [9.17, 15) is 37.5 Å². The maximum atomic E-state index is 13.1. The van der Waals surface area contributed by atoms with Crippen LogP contribution in [0.3, 0.4) is 0 Å². The average Bonchev–Trinajstić information content (AvgIpc) is 3.13. The molecule has 180 valence electrons. The molecule has 3 amide bonds. The van der Waals surface area contributed by atoms with Gasteiger partial charge in [-0.15, -0.1) is 13.2 Å². The molecule has 3 aliphatic rings. The van der Waals surface area contributed by atoms with Crippen molar-refractivity contribution in [1.29, 1.82) is 0 Å². The summed E-state index contributed by atoms with van der Waals surface area (Å²) in [5, 5.41) is 15.2. The van der Waals surface area contributed by atoms with Gasteiger partial charge in [-0.2, -0.15) is 0 Å². The smallest absolute Gasteiger partial charge is 0.381 e. The van der Waals surface area contributed by atoms with Gasteiger partial charge in [-0.05, 0) is 51.4 Å². The van der Waals surface area contributed by atoms with Gasteiger partial charge in [0.1, 0.15) is 18.2 Å². The van der Waals surface area contributed by atoms with Gasteiger partial charge >= 0.3 is 6.36 Å². The number of rotatable bonds is 8. The van der Waals surface area contributed by atoms with Crippen LogP contribution in [-0.2, 0) is 23.9 Å². The summed E-state index contributed by atoms with van der Waals surface area (Å²) in [4.78, 5) is 51.4. The fourth-order valence-corrected chi connectivity index (χ4v) is 4.34. The summed E-state index contributed by atoms with van der Waals surface area (Å²) in [6.07, 6.45) is -2.84. The van der Waals surface area contributed by atoms with Gasteiger partial charge in [0, 0.05) is 19.0 Å². The van der Waals surface area contributed by atoms with E-state index in [4.69, 9.17) is 0 Å². The number of likely N-dealkylation sites (tertiary alicyclic amines) is 1. The monoisotopic (exact) mass is 463 g/mol. The number of alkyl halides is 3. The van der Waals surface area contributed by atoms with Crippen LogP contribution in [0.4, 0.5) is 13.2 Å². The van der Waals surface area contributed by atoms with Gasteiger partial charge in [0.15, 0.2) is 5.78 Å². The molecule has 3 N–H and O–H groups in total. The minimum Gasteiger partial charge on any atom is -0.381 e. The fraction of sp³-hybridized carbons (Fsp3) is 0.800. The first-order chi connectivity index (χ1) is 14.7. The lowest BCUT2D eigenvalue weighted by Gasteiger charge is -2.30. The van der Waals surface area contributed by atoms with Gasteiger partial charge in [0.2, 0.25) is 11.8 Å². The number of hydrogen-bond acceptors (Lipinski definition) is 6. The highest BCUT2D eigenvalue weighted by Gasteiger charge is 2.56. The van der Waals surface area contributed by atoms with E-state index in [0.717, 1.165) is 12.8 Å². The van der Waals surface area contributed by atoms with Crippen molar-refractivity contribution < 1.29 is 42.2 Å². The summed E-state index contributed by atoms with van der Waals surface area (Å²) < 4.78 is 40.8. The van der Waals surface area contributed by atoms with E-state index >= 15 is 0 Å². The Hall–Kier alpha value is -2.21. The Morgan fingerprint density at radius 2 is 1.97 bits per heavy atom. The molecule has 1 saturated carbocycles. The molecular weight excluding hydrogens is 435 g/mol. The number of ketones is 1. The number of halogens is 3. The number of ether oxygens (including phenoxy) is 1. The minimum absolute atomic E-state index is 0.172. The molecule has 2 aliphatic heterocycles. The van der Waals surface area contributed by atoms with Crippen LogP contribution in [0.2, 0.25) is 0 Å². The van der Waals surface area contributed by atoms with Gasteiger partial charge in [-0.1, -0.05) is 0 Å². The predicted molar refractivity (Wildman–Crippen MR) is 103 cm³/mol. The molecule has 3 fully saturated rings. The van der Waals surface area contributed by atoms with E-state index in [-0.39, 0.29) is 24.3 Å². The molecule has 32 heavy (non-hydrogen) atoms. The topological polar surface area (TPSA) is 125 Å². The number of hydrogen-bond donors (Lipinski definition) is 3. The second-order valence-corrected chi connectivity index (χ2v) is 9.49. The third-order valence-electron chi connectivity index (χ3n) is 6.32. The minimum atomic E-state index is -5.02. The molecule has 1 aliphatic carbocycles. The van der Waals surface area contributed by atoms with E-state index in [2.05, 4.69) is 15.4 Å². The van der Waals surface area contributed by atoms with Crippen molar-refractivity contribution in [2.24, 2.45) is 11.3 Å². The SMILES string of the molecule is CC(C)(O)C(=O)N1CC2(CC2)C[C@H]1C(=O)NC(C[C@@H]1CCNC1=O)C(=O)COC(F)(F)F. The lowest BCUT2D eigenvalue weighted by atomic mass is 9.95. The number of amides is 3. The van der Waals surface area contributed by atoms with Crippen LogP contribution in [-0.4, -0.2) is 77.3 Å². The maximum Gasteiger partial charge on any atom is 0.522 e. The highest BCUT2D eigenvalue weighted by Crippen LogP contribution is 2.55. The normalized spacial score (nSPS) is 25.6. The summed E-state index contributed by atoms with van der Waals surface area (Å²) in [6, 6.07) is -2.35. The second-order valence-electron chi connectivity index (χ2n) is 9.49. The third-order valence-corrected chi connectivity index (χ3v) is 6.32. The molecule has 9 nitrogen and oxygen atoms in total. The maximum absolute atomic E-state index is 13.1. The van der Waals surface area contributed by atoms with Gasteiger partial charge in [0.05, 0.1) is 6.04 Å². The third kappa shape index (κ3) is 5.77. The molecule has 2 heterocycles. The van der Waals surface area contributed by atoms with Crippen LogP contribution in [0.5, 0.6) is 0 Å². The number of carbonyl (C=O) groups excluding carboxylic acids is 4. The zero-order valence-electron chi connectivity index (χ0n) is 18.0. The Morgan fingerprint density at radius 1 is 1.31 bits per heavy atom. The van der Waals surface area contributed by atoms with Crippen molar-refractivity contribution in [3.8, 4) is 0 Å². The Morgan fingerprint density at radius 3 is 2.47 bits per heavy atom. The van der Waals surface area contributed by atoms with E-state index < -0.39 is 54.2 Å². The predicted octanol–water partition coefficient (Wildman–Crippen LogP) is 0.255. The lowest BCUT2D eigenvalue weighted by molar-refractivity contribution is -0.321.